The molecular formula is C108H114N30O6. The van der Waals surface area contributed by atoms with E-state index in [1.807, 2.05) is 105 Å². The van der Waals surface area contributed by atoms with Gasteiger partial charge in [-0.3, -0.25) is 28.8 Å². The molecule has 16 rings (SSSR count). The van der Waals surface area contributed by atoms with Crippen molar-refractivity contribution in [1.29, 1.82) is 0 Å². The van der Waals surface area contributed by atoms with E-state index in [0.29, 0.717) is 73.4 Å². The van der Waals surface area contributed by atoms with Gasteiger partial charge in [0.2, 0.25) is 53.5 Å². The Morgan fingerprint density at radius 1 is 0.306 bits per heavy atom. The van der Waals surface area contributed by atoms with Gasteiger partial charge >= 0.3 is 0 Å². The molecule has 0 unspecified atom stereocenters. The molecule has 10 aromatic carbocycles. The number of hydrogen-bond acceptors (Lipinski definition) is 27. The van der Waals surface area contributed by atoms with Crippen LogP contribution in [0.25, 0.3) is 0 Å². The van der Waals surface area contributed by atoms with Crippen molar-refractivity contribution in [3.05, 3.63) is 360 Å². The van der Waals surface area contributed by atoms with Gasteiger partial charge in [-0.2, -0.15) is 44.9 Å². The molecule has 0 atom stereocenters. The lowest BCUT2D eigenvalue weighted by molar-refractivity contribution is 0.0978. The molecule has 36 heteroatoms. The van der Waals surface area contributed by atoms with Crippen molar-refractivity contribution in [3.63, 3.8) is 0 Å². The van der Waals surface area contributed by atoms with E-state index in [-0.39, 0.29) is 140 Å². The van der Waals surface area contributed by atoms with E-state index in [1.165, 1.54) is 18.2 Å². The monoisotopic (exact) mass is 1930 g/mol. The minimum Gasteiger partial charge on any atom is -0.368 e. The van der Waals surface area contributed by atoms with E-state index in [0.717, 1.165) is 52.6 Å². The summed E-state index contributed by atoms with van der Waals surface area (Å²) in [5.41, 5.74) is 27.1. The molecule has 732 valence electrons. The molecule has 0 radical (unpaired) electrons. The second kappa shape index (κ2) is 44.8. The summed E-state index contributed by atoms with van der Waals surface area (Å²) in [5.74, 6) is -2.85. The number of hydrogen-bond donors (Lipinski definition) is 12. The van der Waals surface area contributed by atoms with E-state index in [9.17, 15) is 0 Å². The normalized spacial score (nSPS) is 11.4. The van der Waals surface area contributed by atoms with Crippen LogP contribution in [0.2, 0.25) is 0 Å². The van der Waals surface area contributed by atoms with Crippen molar-refractivity contribution in [1.82, 2.24) is 73.5 Å². The molecule has 16 aromatic rings. The number of anilines is 18. The number of rotatable bonds is 39. The minimum atomic E-state index is -0.755. The van der Waals surface area contributed by atoms with Crippen molar-refractivity contribution in [2.75, 3.05) is 99.4 Å². The van der Waals surface area contributed by atoms with Crippen molar-refractivity contribution >= 4 is 140 Å². The lowest BCUT2D eigenvalue weighted by atomic mass is 9.86. The topological polar surface area (TPSA) is 468 Å². The fraction of sp³-hybridized carbons (Fsp3) is 0.222. The zero-order chi connectivity index (χ0) is 101. The highest BCUT2D eigenvalue weighted by Crippen LogP contribution is 2.36. The smallest absolute Gasteiger partial charge is 0.260 e. The van der Waals surface area contributed by atoms with Crippen LogP contribution in [0.3, 0.4) is 0 Å². The number of nitrogens with two attached hydrogens (primary N) is 3. The second-order valence-electron chi connectivity index (χ2n) is 37.6. The van der Waals surface area contributed by atoms with E-state index >= 15 is 28.8 Å². The van der Waals surface area contributed by atoms with Gasteiger partial charge in [-0.15, -0.1) is 0 Å². The summed E-state index contributed by atoms with van der Waals surface area (Å²) in [7, 11) is 0. The van der Waals surface area contributed by atoms with Crippen molar-refractivity contribution in [3.8, 4) is 0 Å². The molecule has 0 bridgehead atoms. The summed E-state index contributed by atoms with van der Waals surface area (Å²) in [5, 5.41) is 28.5. The number of carbonyl (C=O) groups excluding carboxylic acids is 6. The van der Waals surface area contributed by atoms with Crippen molar-refractivity contribution in [2.45, 2.75) is 137 Å². The number of imidazole rings is 3. The number of para-hydroxylation sites is 3. The van der Waals surface area contributed by atoms with Crippen LogP contribution in [0.1, 0.15) is 177 Å². The summed E-state index contributed by atoms with van der Waals surface area (Å²) in [6.07, 6.45) is 18.2. The molecule has 0 aliphatic rings. The fourth-order valence-electron chi connectivity index (χ4n) is 16.0. The number of aryl methyl sites for hydroxylation is 3. The molecule has 15 N–H and O–H groups in total. The standard InChI is InChI=1S/C108H114N30O6/c1-106(2,3)76-40-34-70(35-41-76)64-136(94(142)85-28-10-13-31-88(85)121-103-127-97(109)124-100(130-103)115-46-19-52-133-55-49-112-67-133)82-25-16-22-79(61-82)118-91(139)73-58-74(92(140)119-80-23-17-26-83(62-80)137(65-71-36-42-77(43-37-71)107(4,5)6)95(143)86-29-11-14-32-89(86)122-104-128-98(110)125-101(131-104)116-47-20-53-134-56-50-113-68-134)60-75(59-73)93(141)120-81-24-18-27-84(63-81)138(66-72-38-44-78(45-39-72)108(7,8)9)96(144)87-30-12-15-33-90(87)123-105-129-99(111)126-102(132-105)117-48-21-54-135-57-51-114-69-135/h10-18,22-45,49-51,55-63,67-69H,19-21,46-48,52-54,64-66H2,1-9H3,(H,118,139)(H,119,140)(H,120,141)(H4,109,115,121,124,127,130)(H4,110,116,122,125,128,131)(H4,111,117,123,126,129,132). The average molecular weight is 1930 g/mol. The quantitative estimate of drug-likeness (QED) is 0.0159. The number of nitrogens with one attached hydrogen (secondary N) is 9. The highest BCUT2D eigenvalue weighted by Gasteiger charge is 2.30. The lowest BCUT2D eigenvalue weighted by Gasteiger charge is -2.26. The number of nitrogen functional groups attached to an aromatic ring is 3. The third kappa shape index (κ3) is 26.3. The van der Waals surface area contributed by atoms with Gasteiger partial charge in [0.1, 0.15) is 0 Å². The van der Waals surface area contributed by atoms with E-state index in [2.05, 4.69) is 170 Å². The van der Waals surface area contributed by atoms with Crippen LogP contribution >= 0.6 is 0 Å². The first kappa shape index (κ1) is 98.9. The number of amides is 6. The predicted octanol–water partition coefficient (Wildman–Crippen LogP) is 18.5. The van der Waals surface area contributed by atoms with Gasteiger partial charge in [0.05, 0.1) is 72.4 Å². The van der Waals surface area contributed by atoms with Crippen LogP contribution in [0, 0.1) is 0 Å². The first-order valence-electron chi connectivity index (χ1n) is 47.2. The van der Waals surface area contributed by atoms with Gasteiger partial charge in [0, 0.05) is 127 Å². The SMILES string of the molecule is CC(C)(C)c1ccc(CN(C(=O)c2ccccc2Nc2nc(N)nc(NCCCn3ccnc3)n2)c2cccc(NC(=O)c3cc(C(=O)Nc4cccc(N(Cc5ccc(C(C)(C)C)cc5)C(=O)c5ccccc5Nc5nc(N)nc(NCCCn6ccnc6)n5)c4)cc(C(=O)Nc4cccc(N(Cc5ccc(C(C)(C)C)cc5)C(=O)c5ccccc5Nc5nc(N)nc(NCCCn6ccnc6)n5)c4)c3)c2)cc1. The second-order valence-corrected chi connectivity index (χ2v) is 37.6. The van der Waals surface area contributed by atoms with Crippen LogP contribution < -0.4 is 79.8 Å². The first-order chi connectivity index (χ1) is 69.4. The van der Waals surface area contributed by atoms with Gasteiger partial charge in [-0.25, -0.2) is 15.0 Å². The first-order valence-corrected chi connectivity index (χ1v) is 47.2. The van der Waals surface area contributed by atoms with Gasteiger partial charge in [-0.1, -0.05) is 190 Å². The number of nitrogens with zero attached hydrogens (tertiary/aromatic N) is 18. The third-order valence-corrected chi connectivity index (χ3v) is 23.7. The zero-order valence-corrected chi connectivity index (χ0v) is 81.4. The molecule has 0 fully saturated rings. The fourth-order valence-corrected chi connectivity index (χ4v) is 16.0. The number of benzene rings is 10. The van der Waals surface area contributed by atoms with E-state index in [4.69, 9.17) is 17.2 Å². The van der Waals surface area contributed by atoms with Crippen LogP contribution in [-0.2, 0) is 55.5 Å². The molecule has 6 aromatic heterocycles. The average Bonchev–Trinajstić information content (AvgIpc) is 0.942. The summed E-state index contributed by atoms with van der Waals surface area (Å²) in [4.78, 5) is 151. The highest BCUT2D eigenvalue weighted by molar-refractivity contribution is 6.16. The maximum Gasteiger partial charge on any atom is 0.260 e. The molecule has 144 heavy (non-hydrogen) atoms. The zero-order valence-electron chi connectivity index (χ0n) is 81.4. The number of aromatic nitrogens is 15. The molecular weight excluding hydrogens is 1810 g/mol. The Morgan fingerprint density at radius 3 is 0.826 bits per heavy atom. The van der Waals surface area contributed by atoms with Crippen molar-refractivity contribution in [2.24, 2.45) is 0 Å². The van der Waals surface area contributed by atoms with Crippen LogP contribution in [-0.4, -0.2) is 129 Å². The molecule has 6 heterocycles. The molecule has 0 aliphatic heterocycles. The third-order valence-electron chi connectivity index (χ3n) is 23.7. The summed E-state index contributed by atoms with van der Waals surface area (Å²) in [6, 6.07) is 69.3. The molecule has 0 saturated heterocycles. The molecule has 0 aliphatic carbocycles. The molecule has 0 saturated carbocycles. The van der Waals surface area contributed by atoms with E-state index in [1.54, 1.807) is 198 Å². The van der Waals surface area contributed by atoms with Gasteiger partial charge in [0.15, 0.2) is 0 Å². The van der Waals surface area contributed by atoms with Crippen LogP contribution in [0.4, 0.5) is 105 Å². The minimum absolute atomic E-state index is 0.0561. The highest BCUT2D eigenvalue weighted by atomic mass is 16.2. The Morgan fingerprint density at radius 2 is 0.569 bits per heavy atom. The largest absolute Gasteiger partial charge is 0.368 e. The molecule has 36 nitrogen and oxygen atoms in total. The molecule has 6 amide bonds. The Labute approximate surface area is 833 Å². The summed E-state index contributed by atoms with van der Waals surface area (Å²) < 4.78 is 5.89. The van der Waals surface area contributed by atoms with Gasteiger partial charge < -0.3 is 93.5 Å². The number of carbonyl (C=O) groups is 6. The molecule has 0 spiro atoms. The van der Waals surface area contributed by atoms with E-state index < -0.39 is 35.4 Å². The van der Waals surface area contributed by atoms with Gasteiger partial charge in [0.25, 0.3) is 35.4 Å². The maximum absolute atomic E-state index is 15.8. The lowest BCUT2D eigenvalue weighted by Crippen LogP contribution is -2.31. The Hall–Kier alpha value is -18.1. The maximum atomic E-state index is 15.8. The van der Waals surface area contributed by atoms with Crippen LogP contribution in [0.5, 0.6) is 0 Å². The summed E-state index contributed by atoms with van der Waals surface area (Å²) >= 11 is 0. The Kier molecular flexibility index (Phi) is 30.8. The Balaban J connectivity index is 0.726. The van der Waals surface area contributed by atoms with Gasteiger partial charge in [-0.05, 0) is 178 Å². The van der Waals surface area contributed by atoms with Crippen molar-refractivity contribution < 1.29 is 28.8 Å². The Bertz CT molecular complexity index is 6520. The summed E-state index contributed by atoms with van der Waals surface area (Å²) in [6.45, 7) is 22.9. The van der Waals surface area contributed by atoms with Crippen LogP contribution in [0.15, 0.2) is 293 Å². The predicted molar refractivity (Wildman–Crippen MR) is 564 cm³/mol.